The van der Waals surface area contributed by atoms with Crippen LogP contribution in [0, 0.1) is 5.82 Å². The van der Waals surface area contributed by atoms with Crippen molar-refractivity contribution >= 4 is 5.91 Å². The first-order chi connectivity index (χ1) is 10.2. The lowest BCUT2D eigenvalue weighted by Gasteiger charge is -2.06. The van der Waals surface area contributed by atoms with E-state index in [1.165, 1.54) is 6.07 Å². The lowest BCUT2D eigenvalue weighted by Crippen LogP contribution is -2.27. The van der Waals surface area contributed by atoms with Gasteiger partial charge in [-0.3, -0.25) is 4.79 Å². The molecule has 21 heavy (non-hydrogen) atoms. The smallest absolute Gasteiger partial charge is 0.224 e. The fraction of sp³-hybridized carbons (Fsp3) is 0.235. The zero-order valence-corrected chi connectivity index (χ0v) is 11.7. The van der Waals surface area contributed by atoms with Gasteiger partial charge in [0.2, 0.25) is 5.91 Å². The number of aliphatic hydroxyl groups is 1. The zero-order chi connectivity index (χ0) is 15.1. The van der Waals surface area contributed by atoms with Gasteiger partial charge in [0, 0.05) is 6.54 Å². The molecule has 4 heteroatoms. The van der Waals surface area contributed by atoms with Crippen molar-refractivity contribution in [3.8, 4) is 0 Å². The number of hydrogen-bond donors (Lipinski definition) is 2. The number of aliphatic hydroxyl groups excluding tert-OH is 1. The number of carbonyl (C=O) groups excluding carboxylic acids is 1. The Morgan fingerprint density at radius 2 is 1.71 bits per heavy atom. The molecule has 0 heterocycles. The molecule has 0 bridgehead atoms. The fourth-order valence-corrected chi connectivity index (χ4v) is 2.03. The Kier molecular flexibility index (Phi) is 5.46. The van der Waals surface area contributed by atoms with Crippen molar-refractivity contribution < 1.29 is 14.3 Å². The summed E-state index contributed by atoms with van der Waals surface area (Å²) in [5, 5.41) is 11.7. The van der Waals surface area contributed by atoms with Gasteiger partial charge in [0.25, 0.3) is 0 Å². The summed E-state index contributed by atoms with van der Waals surface area (Å²) in [5.74, 6) is -0.542. The van der Waals surface area contributed by atoms with Crippen molar-refractivity contribution in [2.45, 2.75) is 19.4 Å². The first kappa shape index (κ1) is 15.2. The van der Waals surface area contributed by atoms with Gasteiger partial charge in [-0.2, -0.15) is 0 Å². The van der Waals surface area contributed by atoms with Crippen molar-refractivity contribution in [1.82, 2.24) is 5.32 Å². The summed E-state index contributed by atoms with van der Waals surface area (Å²) < 4.78 is 13.4. The van der Waals surface area contributed by atoms with Crippen LogP contribution < -0.4 is 5.32 Å². The predicted molar refractivity (Wildman–Crippen MR) is 79.2 cm³/mol. The molecule has 0 atom stereocenters. The second kappa shape index (κ2) is 7.55. The molecule has 0 saturated carbocycles. The lowest BCUT2D eigenvalue weighted by molar-refractivity contribution is -0.120. The zero-order valence-electron chi connectivity index (χ0n) is 11.7. The van der Waals surface area contributed by atoms with E-state index in [9.17, 15) is 9.18 Å². The topological polar surface area (TPSA) is 49.3 Å². The Morgan fingerprint density at radius 3 is 2.38 bits per heavy atom. The highest BCUT2D eigenvalue weighted by Gasteiger charge is 2.06. The molecule has 0 radical (unpaired) electrons. The molecule has 2 aromatic rings. The van der Waals surface area contributed by atoms with Gasteiger partial charge < -0.3 is 10.4 Å². The van der Waals surface area contributed by atoms with E-state index in [1.807, 2.05) is 24.3 Å². The number of benzene rings is 2. The number of halogens is 1. The van der Waals surface area contributed by atoms with Gasteiger partial charge in [-0.05, 0) is 29.2 Å². The van der Waals surface area contributed by atoms with Crippen LogP contribution in [0.3, 0.4) is 0 Å². The van der Waals surface area contributed by atoms with Gasteiger partial charge in [-0.25, -0.2) is 4.39 Å². The Bertz CT molecular complexity index is 596. The monoisotopic (exact) mass is 287 g/mol. The summed E-state index contributed by atoms with van der Waals surface area (Å²) in [6.07, 6.45) is 0.755. The summed E-state index contributed by atoms with van der Waals surface area (Å²) in [7, 11) is 0. The summed E-state index contributed by atoms with van der Waals surface area (Å²) in [6.45, 7) is 0.533. The third kappa shape index (κ3) is 4.68. The van der Waals surface area contributed by atoms with Crippen LogP contribution in [0.1, 0.15) is 16.7 Å². The molecule has 110 valence electrons. The van der Waals surface area contributed by atoms with Gasteiger partial charge in [-0.1, -0.05) is 42.5 Å². The Hall–Kier alpha value is -2.20. The fourth-order valence-electron chi connectivity index (χ4n) is 2.03. The Morgan fingerprint density at radius 1 is 1.05 bits per heavy atom. The van der Waals surface area contributed by atoms with Crippen LogP contribution in [0.15, 0.2) is 48.5 Å². The van der Waals surface area contributed by atoms with Crippen LogP contribution in [0.2, 0.25) is 0 Å². The van der Waals surface area contributed by atoms with Crippen LogP contribution >= 0.6 is 0 Å². The normalized spacial score (nSPS) is 10.4. The highest BCUT2D eigenvalue weighted by atomic mass is 19.1. The van der Waals surface area contributed by atoms with Crippen LogP contribution in [0.5, 0.6) is 0 Å². The van der Waals surface area contributed by atoms with Gasteiger partial charge in [-0.15, -0.1) is 0 Å². The molecule has 0 unspecified atom stereocenters. The summed E-state index contributed by atoms with van der Waals surface area (Å²) in [4.78, 5) is 11.7. The molecule has 0 spiro atoms. The quantitative estimate of drug-likeness (QED) is 0.856. The third-order valence-corrected chi connectivity index (χ3v) is 3.25. The lowest BCUT2D eigenvalue weighted by atomic mass is 10.1. The number of nitrogens with one attached hydrogen (secondary N) is 1. The van der Waals surface area contributed by atoms with Crippen molar-refractivity contribution in [1.29, 1.82) is 0 Å². The maximum Gasteiger partial charge on any atom is 0.224 e. The van der Waals surface area contributed by atoms with Gasteiger partial charge in [0.1, 0.15) is 5.82 Å². The van der Waals surface area contributed by atoms with Crippen molar-refractivity contribution in [3.05, 3.63) is 71.0 Å². The summed E-state index contributed by atoms with van der Waals surface area (Å²) in [5.41, 5.74) is 2.35. The molecule has 0 aromatic heterocycles. The molecule has 2 aromatic carbocycles. The van der Waals surface area contributed by atoms with Gasteiger partial charge in [0.15, 0.2) is 0 Å². The highest BCUT2D eigenvalue weighted by Crippen LogP contribution is 2.07. The van der Waals surface area contributed by atoms with Gasteiger partial charge >= 0.3 is 0 Å². The molecule has 3 nitrogen and oxygen atoms in total. The highest BCUT2D eigenvalue weighted by molar-refractivity contribution is 5.78. The average molecular weight is 287 g/mol. The van der Waals surface area contributed by atoms with E-state index in [2.05, 4.69) is 5.32 Å². The van der Waals surface area contributed by atoms with Crippen LogP contribution in [-0.4, -0.2) is 17.6 Å². The van der Waals surface area contributed by atoms with Crippen LogP contribution in [0.25, 0.3) is 0 Å². The molecule has 1 amide bonds. The summed E-state index contributed by atoms with van der Waals surface area (Å²) in [6, 6.07) is 13.9. The molecule has 0 aliphatic heterocycles. The third-order valence-electron chi connectivity index (χ3n) is 3.25. The van der Waals surface area contributed by atoms with E-state index in [0.717, 1.165) is 11.1 Å². The van der Waals surface area contributed by atoms with Crippen molar-refractivity contribution in [3.63, 3.8) is 0 Å². The number of carbonyl (C=O) groups is 1. The molecule has 0 fully saturated rings. The molecular weight excluding hydrogens is 269 g/mol. The standard InChI is InChI=1S/C17H18FNO2/c18-16-4-2-1-3-15(16)11-17(21)19-10-9-13-5-7-14(12-20)8-6-13/h1-8,20H,9-12H2,(H,19,21). The molecule has 2 N–H and O–H groups in total. The molecular formula is C17H18FNO2. The largest absolute Gasteiger partial charge is 0.392 e. The van der Waals surface area contributed by atoms with Crippen molar-refractivity contribution in [2.24, 2.45) is 0 Å². The van der Waals surface area contributed by atoms with E-state index in [1.54, 1.807) is 18.2 Å². The minimum atomic E-state index is -0.354. The van der Waals surface area contributed by atoms with Crippen LogP contribution in [0.4, 0.5) is 4.39 Å². The Balaban J connectivity index is 1.77. The molecule has 0 aliphatic carbocycles. The van der Waals surface area contributed by atoms with Crippen LogP contribution in [-0.2, 0) is 24.2 Å². The molecule has 2 rings (SSSR count). The van der Waals surface area contributed by atoms with E-state index in [0.29, 0.717) is 18.5 Å². The van der Waals surface area contributed by atoms with E-state index in [-0.39, 0.29) is 24.8 Å². The second-order valence-electron chi connectivity index (χ2n) is 4.84. The SMILES string of the molecule is O=C(Cc1ccccc1F)NCCc1ccc(CO)cc1. The minimum Gasteiger partial charge on any atom is -0.392 e. The average Bonchev–Trinajstić information content (AvgIpc) is 2.50. The number of hydrogen-bond acceptors (Lipinski definition) is 2. The van der Waals surface area contributed by atoms with E-state index < -0.39 is 0 Å². The first-order valence-electron chi connectivity index (χ1n) is 6.88. The predicted octanol–water partition coefficient (Wildman–Crippen LogP) is 2.22. The van der Waals surface area contributed by atoms with E-state index in [4.69, 9.17) is 5.11 Å². The maximum atomic E-state index is 13.4. The second-order valence-corrected chi connectivity index (χ2v) is 4.84. The maximum absolute atomic E-state index is 13.4. The van der Waals surface area contributed by atoms with E-state index >= 15 is 0 Å². The molecule has 0 saturated heterocycles. The Labute approximate surface area is 123 Å². The summed E-state index contributed by atoms with van der Waals surface area (Å²) >= 11 is 0. The number of amides is 1. The minimum absolute atomic E-state index is 0.0274. The number of rotatable bonds is 6. The van der Waals surface area contributed by atoms with Gasteiger partial charge in [0.05, 0.1) is 13.0 Å². The van der Waals surface area contributed by atoms with Crippen molar-refractivity contribution in [2.75, 3.05) is 6.54 Å². The first-order valence-corrected chi connectivity index (χ1v) is 6.88. The molecule has 0 aliphatic rings.